The van der Waals surface area contributed by atoms with Crippen molar-refractivity contribution < 1.29 is 4.39 Å². The van der Waals surface area contributed by atoms with E-state index in [2.05, 4.69) is 0 Å². The Bertz CT molecular complexity index is 316. The molecular formula is C9H10Cl2FN. The van der Waals surface area contributed by atoms with Crippen molar-refractivity contribution in [1.82, 2.24) is 0 Å². The van der Waals surface area contributed by atoms with Crippen LogP contribution in [0.1, 0.15) is 17.9 Å². The van der Waals surface area contributed by atoms with E-state index >= 15 is 0 Å². The molecule has 13 heavy (non-hydrogen) atoms. The van der Waals surface area contributed by atoms with Gasteiger partial charge in [-0.2, -0.15) is 0 Å². The van der Waals surface area contributed by atoms with Gasteiger partial charge in [0.05, 0.1) is 5.02 Å². The maximum Gasteiger partial charge on any atom is 0.142 e. The van der Waals surface area contributed by atoms with E-state index in [9.17, 15) is 4.39 Å². The van der Waals surface area contributed by atoms with Crippen molar-refractivity contribution in [1.29, 1.82) is 0 Å². The molecule has 1 aliphatic carbocycles. The molecule has 0 amide bonds. The lowest BCUT2D eigenvalue weighted by Crippen LogP contribution is -2.01. The van der Waals surface area contributed by atoms with Crippen molar-refractivity contribution in [3.05, 3.63) is 34.6 Å². The summed E-state index contributed by atoms with van der Waals surface area (Å²) in [6, 6.07) is 5.10. The van der Waals surface area contributed by atoms with Crippen molar-refractivity contribution in [2.24, 2.45) is 5.73 Å². The average Bonchev–Trinajstić information content (AvgIpc) is 2.73. The Hall–Kier alpha value is -0.310. The molecule has 1 aromatic rings. The first kappa shape index (κ1) is 10.8. The van der Waals surface area contributed by atoms with Gasteiger partial charge in [0.25, 0.3) is 0 Å². The summed E-state index contributed by atoms with van der Waals surface area (Å²) in [5.41, 5.74) is 6.59. The van der Waals surface area contributed by atoms with Crippen molar-refractivity contribution in [3.63, 3.8) is 0 Å². The van der Waals surface area contributed by atoms with Crippen LogP contribution >= 0.6 is 24.0 Å². The molecule has 72 valence electrons. The molecule has 0 aromatic heterocycles. The number of hydrogen-bond acceptors (Lipinski definition) is 1. The molecular weight excluding hydrogens is 212 g/mol. The zero-order valence-electron chi connectivity index (χ0n) is 6.84. The minimum atomic E-state index is -0.353. The molecule has 2 rings (SSSR count). The predicted molar refractivity (Wildman–Crippen MR) is 54.0 cm³/mol. The second-order valence-electron chi connectivity index (χ2n) is 3.18. The highest BCUT2D eigenvalue weighted by atomic mass is 35.5. The van der Waals surface area contributed by atoms with E-state index in [1.54, 1.807) is 6.07 Å². The molecule has 0 spiro atoms. The maximum absolute atomic E-state index is 12.9. The fraction of sp³-hybridized carbons (Fsp3) is 0.333. The Labute approximate surface area is 87.5 Å². The normalized spacial score (nSPS) is 25.2. The summed E-state index contributed by atoms with van der Waals surface area (Å²) in [5, 5.41) is 0.174. The molecule has 0 aliphatic heterocycles. The van der Waals surface area contributed by atoms with Gasteiger partial charge in [-0.3, -0.25) is 0 Å². The molecule has 0 unspecified atom stereocenters. The molecule has 1 fully saturated rings. The zero-order valence-corrected chi connectivity index (χ0v) is 8.41. The van der Waals surface area contributed by atoms with Crippen molar-refractivity contribution in [3.8, 4) is 0 Å². The molecule has 1 aliphatic rings. The van der Waals surface area contributed by atoms with Crippen molar-refractivity contribution >= 4 is 24.0 Å². The summed E-state index contributed by atoms with van der Waals surface area (Å²) in [6.07, 6.45) is 0.959. The summed E-state index contributed by atoms with van der Waals surface area (Å²) in [7, 11) is 0. The smallest absolute Gasteiger partial charge is 0.142 e. The third kappa shape index (κ3) is 2.13. The van der Waals surface area contributed by atoms with Crippen LogP contribution in [0.3, 0.4) is 0 Å². The fourth-order valence-corrected chi connectivity index (χ4v) is 1.46. The largest absolute Gasteiger partial charge is 0.327 e. The quantitative estimate of drug-likeness (QED) is 0.776. The van der Waals surface area contributed by atoms with E-state index in [1.165, 1.54) is 6.07 Å². The van der Waals surface area contributed by atoms with Gasteiger partial charge >= 0.3 is 0 Å². The van der Waals surface area contributed by atoms with Crippen LogP contribution < -0.4 is 5.73 Å². The monoisotopic (exact) mass is 221 g/mol. The summed E-state index contributed by atoms with van der Waals surface area (Å²) in [5.74, 6) is -0.00923. The van der Waals surface area contributed by atoms with Gasteiger partial charge in [-0.1, -0.05) is 17.7 Å². The summed E-state index contributed by atoms with van der Waals surface area (Å²) < 4.78 is 12.9. The highest BCUT2D eigenvalue weighted by molar-refractivity contribution is 6.30. The van der Waals surface area contributed by atoms with Gasteiger partial charge in [0.1, 0.15) is 5.82 Å². The van der Waals surface area contributed by atoms with Crippen LogP contribution in [-0.2, 0) is 0 Å². The Morgan fingerprint density at radius 2 is 2.08 bits per heavy atom. The maximum atomic E-state index is 12.9. The Morgan fingerprint density at radius 1 is 1.46 bits per heavy atom. The van der Waals surface area contributed by atoms with Gasteiger partial charge in [0.2, 0.25) is 0 Å². The molecule has 0 bridgehead atoms. The van der Waals surface area contributed by atoms with E-state index in [0.29, 0.717) is 5.92 Å². The Balaban J connectivity index is 0.000000845. The van der Waals surface area contributed by atoms with Crippen LogP contribution in [0.15, 0.2) is 18.2 Å². The van der Waals surface area contributed by atoms with Gasteiger partial charge in [-0.25, -0.2) is 4.39 Å². The summed E-state index contributed by atoms with van der Waals surface area (Å²) in [4.78, 5) is 0. The van der Waals surface area contributed by atoms with Gasteiger partial charge in [0, 0.05) is 12.0 Å². The molecule has 2 N–H and O–H groups in total. The van der Waals surface area contributed by atoms with E-state index in [0.717, 1.165) is 12.0 Å². The van der Waals surface area contributed by atoms with E-state index in [-0.39, 0.29) is 29.3 Å². The number of halogens is 3. The van der Waals surface area contributed by atoms with Crippen LogP contribution in [0.2, 0.25) is 5.02 Å². The first-order valence-corrected chi connectivity index (χ1v) is 4.27. The fourth-order valence-electron chi connectivity index (χ4n) is 1.34. The van der Waals surface area contributed by atoms with E-state index in [4.69, 9.17) is 17.3 Å². The Kier molecular flexibility index (Phi) is 3.17. The number of benzene rings is 1. The second-order valence-corrected chi connectivity index (χ2v) is 3.59. The van der Waals surface area contributed by atoms with E-state index in [1.807, 2.05) is 6.07 Å². The molecule has 4 heteroatoms. The van der Waals surface area contributed by atoms with Crippen molar-refractivity contribution in [2.75, 3.05) is 0 Å². The van der Waals surface area contributed by atoms with Crippen LogP contribution in [0.4, 0.5) is 4.39 Å². The average molecular weight is 222 g/mol. The van der Waals surface area contributed by atoms with Crippen molar-refractivity contribution in [2.45, 2.75) is 18.4 Å². The molecule has 1 saturated carbocycles. The highest BCUT2D eigenvalue weighted by Crippen LogP contribution is 2.39. The number of nitrogens with two attached hydrogens (primary N) is 1. The lowest BCUT2D eigenvalue weighted by Gasteiger charge is -1.99. The SMILES string of the molecule is Cl.N[C@H]1C[C@H]1c1ccc(Cl)c(F)c1. The van der Waals surface area contributed by atoms with Gasteiger partial charge in [0.15, 0.2) is 0 Å². The Morgan fingerprint density at radius 3 is 2.54 bits per heavy atom. The lowest BCUT2D eigenvalue weighted by atomic mass is 10.1. The summed E-state index contributed by atoms with van der Waals surface area (Å²) in [6.45, 7) is 0. The summed E-state index contributed by atoms with van der Waals surface area (Å²) >= 11 is 5.54. The minimum Gasteiger partial charge on any atom is -0.327 e. The zero-order chi connectivity index (χ0) is 8.72. The molecule has 1 aromatic carbocycles. The standard InChI is InChI=1S/C9H9ClFN.ClH/c10-7-2-1-5(3-8(7)11)6-4-9(6)12;/h1-3,6,9H,4,12H2;1H/t6-,9-;/m0./s1. The van der Waals surface area contributed by atoms with Crippen LogP contribution in [0, 0.1) is 5.82 Å². The second kappa shape index (κ2) is 3.82. The highest BCUT2D eigenvalue weighted by Gasteiger charge is 2.34. The third-order valence-electron chi connectivity index (χ3n) is 2.21. The lowest BCUT2D eigenvalue weighted by molar-refractivity contribution is 0.625. The predicted octanol–water partition coefficient (Wildman–Crippen LogP) is 2.72. The molecule has 2 atom stereocenters. The van der Waals surface area contributed by atoms with Crippen LogP contribution in [-0.4, -0.2) is 6.04 Å². The van der Waals surface area contributed by atoms with Crippen LogP contribution in [0.25, 0.3) is 0 Å². The number of rotatable bonds is 1. The van der Waals surface area contributed by atoms with Gasteiger partial charge < -0.3 is 5.73 Å². The molecule has 1 nitrogen and oxygen atoms in total. The van der Waals surface area contributed by atoms with Gasteiger partial charge in [-0.05, 0) is 24.1 Å². The first-order valence-electron chi connectivity index (χ1n) is 3.89. The van der Waals surface area contributed by atoms with Gasteiger partial charge in [-0.15, -0.1) is 12.4 Å². The topological polar surface area (TPSA) is 26.0 Å². The van der Waals surface area contributed by atoms with Crippen LogP contribution in [0.5, 0.6) is 0 Å². The molecule has 0 radical (unpaired) electrons. The molecule has 0 saturated heterocycles. The number of hydrogen-bond donors (Lipinski definition) is 1. The minimum absolute atomic E-state index is 0. The van der Waals surface area contributed by atoms with E-state index < -0.39 is 0 Å². The molecule has 0 heterocycles. The first-order chi connectivity index (χ1) is 5.68. The third-order valence-corrected chi connectivity index (χ3v) is 2.52.